The van der Waals surface area contributed by atoms with Gasteiger partial charge < -0.3 is 15.5 Å². The van der Waals surface area contributed by atoms with Gasteiger partial charge in [-0.1, -0.05) is 72.8 Å². The fourth-order valence-electron chi connectivity index (χ4n) is 4.81. The molecule has 1 aliphatic heterocycles. The van der Waals surface area contributed by atoms with Crippen molar-refractivity contribution in [2.45, 2.75) is 17.5 Å². The molecule has 1 heterocycles. The number of nitrogens with one attached hydrogen (secondary N) is 2. The first kappa shape index (κ1) is 26.9. The Morgan fingerprint density at radius 2 is 1.57 bits per heavy atom. The Labute approximate surface area is 232 Å². The smallest absolute Gasteiger partial charge is 0.321 e. The van der Waals surface area contributed by atoms with Crippen molar-refractivity contribution in [1.29, 1.82) is 5.26 Å². The molecule has 4 aromatic carbocycles. The van der Waals surface area contributed by atoms with Crippen LogP contribution >= 0.6 is 0 Å². The molecule has 0 radical (unpaired) electrons. The number of nitriles is 1. The van der Waals surface area contributed by atoms with Crippen LogP contribution in [0.3, 0.4) is 0 Å². The molecule has 3 amide bonds. The zero-order valence-corrected chi connectivity index (χ0v) is 22.3. The van der Waals surface area contributed by atoms with Gasteiger partial charge in [0.25, 0.3) is 0 Å². The highest BCUT2D eigenvalue weighted by atomic mass is 32.2. The fourth-order valence-corrected chi connectivity index (χ4v) is 6.40. The van der Waals surface area contributed by atoms with Gasteiger partial charge in [0.2, 0.25) is 15.9 Å². The molecule has 0 saturated carbocycles. The van der Waals surface area contributed by atoms with Crippen molar-refractivity contribution in [3.63, 3.8) is 0 Å². The minimum Gasteiger partial charge on any atom is -0.351 e. The van der Waals surface area contributed by atoms with Crippen LogP contribution < -0.4 is 10.6 Å². The number of hydrogen-bond donors (Lipinski definition) is 2. The van der Waals surface area contributed by atoms with E-state index in [0.717, 1.165) is 20.6 Å². The predicted molar refractivity (Wildman–Crippen MR) is 152 cm³/mol. The summed E-state index contributed by atoms with van der Waals surface area (Å²) in [6.07, 6.45) is 0. The third-order valence-corrected chi connectivity index (χ3v) is 8.82. The van der Waals surface area contributed by atoms with E-state index in [9.17, 15) is 23.3 Å². The second-order valence-corrected chi connectivity index (χ2v) is 11.2. The highest BCUT2D eigenvalue weighted by Crippen LogP contribution is 2.24. The molecule has 2 N–H and O–H groups in total. The number of sulfonamides is 1. The minimum atomic E-state index is -4.02. The number of urea groups is 1. The monoisotopic (exact) mass is 553 g/mol. The van der Waals surface area contributed by atoms with Gasteiger partial charge in [0, 0.05) is 26.2 Å². The van der Waals surface area contributed by atoms with Crippen molar-refractivity contribution >= 4 is 38.4 Å². The summed E-state index contributed by atoms with van der Waals surface area (Å²) >= 11 is 0. The first-order valence-electron chi connectivity index (χ1n) is 12.7. The van der Waals surface area contributed by atoms with Crippen LogP contribution in [-0.4, -0.2) is 55.2 Å². The van der Waals surface area contributed by atoms with Crippen LogP contribution in [0, 0.1) is 11.3 Å². The van der Waals surface area contributed by atoms with E-state index in [2.05, 4.69) is 10.6 Å². The number of rotatable bonds is 6. The average Bonchev–Trinajstić information content (AvgIpc) is 3.00. The van der Waals surface area contributed by atoms with E-state index in [1.54, 1.807) is 42.5 Å². The first-order chi connectivity index (χ1) is 19.4. The topological polar surface area (TPSA) is 123 Å². The number of hydrogen-bond acceptors (Lipinski definition) is 5. The van der Waals surface area contributed by atoms with Gasteiger partial charge in [0.05, 0.1) is 16.1 Å². The van der Waals surface area contributed by atoms with Crippen molar-refractivity contribution in [1.82, 2.24) is 14.5 Å². The molecule has 9 nitrogen and oxygen atoms in total. The maximum atomic E-state index is 13.6. The van der Waals surface area contributed by atoms with Crippen LogP contribution in [0.5, 0.6) is 0 Å². The van der Waals surface area contributed by atoms with Gasteiger partial charge in [-0.3, -0.25) is 4.79 Å². The molecule has 5 rings (SSSR count). The molecule has 0 spiro atoms. The first-order valence-corrected chi connectivity index (χ1v) is 14.2. The fraction of sp³-hybridized carbons (Fsp3) is 0.167. The highest BCUT2D eigenvalue weighted by molar-refractivity contribution is 7.89. The zero-order chi connectivity index (χ0) is 28.1. The molecule has 1 aliphatic rings. The minimum absolute atomic E-state index is 0.0692. The summed E-state index contributed by atoms with van der Waals surface area (Å²) in [5.74, 6) is -0.512. The van der Waals surface area contributed by atoms with Crippen LogP contribution in [-0.2, 0) is 21.4 Å². The third kappa shape index (κ3) is 5.52. The van der Waals surface area contributed by atoms with E-state index in [4.69, 9.17) is 0 Å². The molecule has 40 heavy (non-hydrogen) atoms. The molecule has 4 aromatic rings. The Bertz CT molecular complexity index is 1700. The summed E-state index contributed by atoms with van der Waals surface area (Å²) in [6.45, 7) is 0.0300. The quantitative estimate of drug-likeness (QED) is 0.375. The van der Waals surface area contributed by atoms with Gasteiger partial charge in [0.15, 0.2) is 0 Å². The van der Waals surface area contributed by atoms with E-state index < -0.39 is 28.0 Å². The molecule has 202 valence electrons. The molecule has 1 saturated heterocycles. The molecule has 0 aliphatic carbocycles. The number of anilines is 1. The lowest BCUT2D eigenvalue weighted by atomic mass is 10.0. The van der Waals surface area contributed by atoms with Crippen LogP contribution in [0.1, 0.15) is 11.1 Å². The van der Waals surface area contributed by atoms with Gasteiger partial charge in [-0.2, -0.15) is 9.57 Å². The lowest BCUT2D eigenvalue weighted by Crippen LogP contribution is -2.61. The Balaban J connectivity index is 1.40. The number of piperazine rings is 1. The highest BCUT2D eigenvalue weighted by Gasteiger charge is 2.41. The van der Waals surface area contributed by atoms with E-state index in [1.165, 1.54) is 17.0 Å². The summed E-state index contributed by atoms with van der Waals surface area (Å²) < 4.78 is 28.3. The van der Waals surface area contributed by atoms with Crippen LogP contribution in [0.2, 0.25) is 0 Å². The second-order valence-electron chi connectivity index (χ2n) is 9.33. The number of carbonyl (C=O) groups excluding carboxylic acids is 2. The molecule has 1 unspecified atom stereocenters. The lowest BCUT2D eigenvalue weighted by Gasteiger charge is -2.39. The molecule has 1 fully saturated rings. The van der Waals surface area contributed by atoms with Crippen LogP contribution in [0.15, 0.2) is 102 Å². The number of fused-ring (bicyclic) bond motifs is 1. The number of para-hydroxylation sites is 1. The average molecular weight is 554 g/mol. The Morgan fingerprint density at radius 3 is 2.38 bits per heavy atom. The standard InChI is InChI=1S/C30H27N5O4S/c31-19-23-10-5-7-16-27(23)33-30(37)34-17-18-35(40(38,39)25-13-2-1-3-14-25)28(21-34)29(36)32-20-24-12-8-11-22-9-4-6-15-26(22)24/h1-16,28H,17-18,20-21H2,(H,32,36)(H,33,37). The number of carbonyl (C=O) groups is 2. The molecular weight excluding hydrogens is 526 g/mol. The number of nitrogens with zero attached hydrogens (tertiary/aromatic N) is 3. The van der Waals surface area contributed by atoms with Crippen molar-refractivity contribution in [3.8, 4) is 6.07 Å². The van der Waals surface area contributed by atoms with E-state index >= 15 is 0 Å². The summed E-state index contributed by atoms with van der Waals surface area (Å²) in [5, 5.41) is 17.0. The predicted octanol–water partition coefficient (Wildman–Crippen LogP) is 3.93. The van der Waals surface area contributed by atoms with Crippen LogP contribution in [0.25, 0.3) is 10.8 Å². The third-order valence-electron chi connectivity index (χ3n) is 6.89. The van der Waals surface area contributed by atoms with E-state index in [0.29, 0.717) is 11.3 Å². The van der Waals surface area contributed by atoms with Gasteiger partial charge in [-0.15, -0.1) is 0 Å². The Hall–Kier alpha value is -4.72. The zero-order valence-electron chi connectivity index (χ0n) is 21.5. The van der Waals surface area contributed by atoms with Crippen molar-refractivity contribution in [3.05, 3.63) is 108 Å². The maximum absolute atomic E-state index is 13.6. The Morgan fingerprint density at radius 1 is 0.875 bits per heavy atom. The lowest BCUT2D eigenvalue weighted by molar-refractivity contribution is -0.126. The van der Waals surface area contributed by atoms with E-state index in [-0.39, 0.29) is 31.1 Å². The summed E-state index contributed by atoms with van der Waals surface area (Å²) in [4.78, 5) is 28.2. The van der Waals surface area contributed by atoms with Gasteiger partial charge in [-0.25, -0.2) is 13.2 Å². The number of amides is 3. The van der Waals surface area contributed by atoms with Crippen molar-refractivity contribution in [2.75, 3.05) is 25.0 Å². The normalized spacial score (nSPS) is 15.8. The second kappa shape index (κ2) is 11.6. The SMILES string of the molecule is N#Cc1ccccc1NC(=O)N1CCN(S(=O)(=O)c2ccccc2)C(C(=O)NCc2cccc3ccccc23)C1. The van der Waals surface area contributed by atoms with Crippen molar-refractivity contribution < 1.29 is 18.0 Å². The summed E-state index contributed by atoms with van der Waals surface area (Å²) in [6, 6.07) is 28.5. The molecule has 0 aromatic heterocycles. The summed E-state index contributed by atoms with van der Waals surface area (Å²) in [5.41, 5.74) is 1.53. The molecule has 10 heteroatoms. The largest absolute Gasteiger partial charge is 0.351 e. The van der Waals surface area contributed by atoms with E-state index in [1.807, 2.05) is 48.5 Å². The summed E-state index contributed by atoms with van der Waals surface area (Å²) in [7, 11) is -4.02. The maximum Gasteiger partial charge on any atom is 0.321 e. The van der Waals surface area contributed by atoms with Gasteiger partial charge in [-0.05, 0) is 40.6 Å². The van der Waals surface area contributed by atoms with Gasteiger partial charge >= 0.3 is 6.03 Å². The van der Waals surface area contributed by atoms with Crippen molar-refractivity contribution in [2.24, 2.45) is 0 Å². The number of benzene rings is 4. The Kier molecular flexibility index (Phi) is 7.77. The molecule has 0 bridgehead atoms. The molecule has 1 atom stereocenters. The van der Waals surface area contributed by atoms with Crippen LogP contribution in [0.4, 0.5) is 10.5 Å². The van der Waals surface area contributed by atoms with Gasteiger partial charge in [0.1, 0.15) is 12.1 Å². The molecular formula is C30H27N5O4S.